The van der Waals surface area contributed by atoms with Crippen LogP contribution in [0.3, 0.4) is 0 Å². The van der Waals surface area contributed by atoms with E-state index in [0.717, 1.165) is 22.3 Å². The van der Waals surface area contributed by atoms with Gasteiger partial charge in [0.2, 0.25) is 11.8 Å². The summed E-state index contributed by atoms with van der Waals surface area (Å²) < 4.78 is 13.0. The second kappa shape index (κ2) is 8.16. The van der Waals surface area contributed by atoms with E-state index in [1.165, 1.54) is 12.4 Å². The van der Waals surface area contributed by atoms with E-state index in [1.807, 2.05) is 19.9 Å². The fraction of sp³-hybridized carbons (Fsp3) is 0.190. The zero-order chi connectivity index (χ0) is 21.1. The lowest BCUT2D eigenvalue weighted by Gasteiger charge is -2.09. The van der Waals surface area contributed by atoms with E-state index < -0.39 is 0 Å². The van der Waals surface area contributed by atoms with Crippen LogP contribution in [0, 0.1) is 13.8 Å². The molecule has 9 nitrogen and oxygen atoms in total. The van der Waals surface area contributed by atoms with Gasteiger partial charge >= 0.3 is 0 Å². The Kier molecular flexibility index (Phi) is 5.25. The highest BCUT2D eigenvalue weighted by Gasteiger charge is 2.15. The van der Waals surface area contributed by atoms with Crippen molar-refractivity contribution in [2.24, 2.45) is 7.05 Å². The summed E-state index contributed by atoms with van der Waals surface area (Å²) in [5, 5.41) is 7.94. The van der Waals surface area contributed by atoms with Crippen molar-refractivity contribution in [1.82, 2.24) is 24.7 Å². The van der Waals surface area contributed by atoms with Gasteiger partial charge in [0.15, 0.2) is 12.3 Å². The molecule has 1 N–H and O–H groups in total. The van der Waals surface area contributed by atoms with Gasteiger partial charge in [-0.2, -0.15) is 0 Å². The normalized spacial score (nSPS) is 10.8. The van der Waals surface area contributed by atoms with Gasteiger partial charge in [0, 0.05) is 36.9 Å². The largest absolute Gasteiger partial charge is 0.466 e. The van der Waals surface area contributed by atoms with Crippen molar-refractivity contribution >= 4 is 22.6 Å². The van der Waals surface area contributed by atoms with Gasteiger partial charge in [-0.25, -0.2) is 14.6 Å². The highest BCUT2D eigenvalue weighted by Crippen LogP contribution is 2.27. The van der Waals surface area contributed by atoms with Gasteiger partial charge in [0.25, 0.3) is 5.91 Å². The van der Waals surface area contributed by atoms with Gasteiger partial charge in [-0.1, -0.05) is 6.07 Å². The number of carbonyl (C=O) groups excluding carboxylic acids is 1. The van der Waals surface area contributed by atoms with Gasteiger partial charge in [-0.15, -0.1) is 5.10 Å². The van der Waals surface area contributed by atoms with E-state index in [-0.39, 0.29) is 12.5 Å². The average Bonchev–Trinajstić information content (AvgIpc) is 3.03. The molecule has 152 valence electrons. The zero-order valence-electron chi connectivity index (χ0n) is 16.8. The Morgan fingerprint density at radius 2 is 2.07 bits per heavy atom. The van der Waals surface area contributed by atoms with E-state index in [2.05, 4.69) is 25.4 Å². The van der Waals surface area contributed by atoms with Gasteiger partial charge in [-0.05, 0) is 37.6 Å². The molecule has 0 saturated carbocycles. The molecule has 0 radical (unpaired) electrons. The number of aromatic nitrogens is 5. The molecule has 0 bridgehead atoms. The number of aryl methyl sites for hydroxylation is 3. The third kappa shape index (κ3) is 4.19. The molecule has 30 heavy (non-hydrogen) atoms. The molecular weight excluding hydrogens is 384 g/mol. The van der Waals surface area contributed by atoms with E-state index in [4.69, 9.17) is 9.47 Å². The second-order valence-electron chi connectivity index (χ2n) is 6.72. The lowest BCUT2D eigenvalue weighted by Crippen LogP contribution is -2.20. The fourth-order valence-corrected chi connectivity index (χ4v) is 3.08. The number of nitrogens with zero attached hydrogens (tertiary/aromatic N) is 5. The minimum absolute atomic E-state index is 0.186. The number of rotatable bonds is 6. The summed E-state index contributed by atoms with van der Waals surface area (Å²) >= 11 is 0. The summed E-state index contributed by atoms with van der Waals surface area (Å²) in [7, 11) is 1.80. The summed E-state index contributed by atoms with van der Waals surface area (Å²) in [6, 6.07) is 8.94. The van der Waals surface area contributed by atoms with Crippen LogP contribution in [0.5, 0.6) is 17.5 Å². The molecule has 0 fully saturated rings. The second-order valence-corrected chi connectivity index (χ2v) is 6.72. The Labute approximate surface area is 172 Å². The molecule has 0 unspecified atom stereocenters. The number of hydrogen-bond acceptors (Lipinski definition) is 7. The molecule has 1 amide bonds. The summed E-state index contributed by atoms with van der Waals surface area (Å²) in [6.45, 7) is 3.71. The third-order valence-electron chi connectivity index (χ3n) is 4.31. The molecule has 1 aromatic carbocycles. The fourth-order valence-electron chi connectivity index (χ4n) is 3.08. The van der Waals surface area contributed by atoms with Crippen LogP contribution in [0.25, 0.3) is 11.0 Å². The number of pyridine rings is 1. The van der Waals surface area contributed by atoms with Crippen LogP contribution >= 0.6 is 0 Å². The molecule has 3 heterocycles. The van der Waals surface area contributed by atoms with Crippen LogP contribution in [0.15, 0.2) is 48.9 Å². The monoisotopic (exact) mass is 404 g/mol. The van der Waals surface area contributed by atoms with E-state index in [0.29, 0.717) is 23.2 Å². The van der Waals surface area contributed by atoms with E-state index in [1.54, 1.807) is 42.2 Å². The van der Waals surface area contributed by atoms with Crippen LogP contribution < -0.4 is 14.8 Å². The smallest absolute Gasteiger partial charge is 0.262 e. The van der Waals surface area contributed by atoms with E-state index >= 15 is 0 Å². The first-order valence-corrected chi connectivity index (χ1v) is 9.27. The maximum absolute atomic E-state index is 12.4. The molecule has 9 heteroatoms. The van der Waals surface area contributed by atoms with Crippen LogP contribution in [-0.2, 0) is 11.8 Å². The maximum atomic E-state index is 12.4. The lowest BCUT2D eigenvalue weighted by atomic mass is 10.2. The Hall–Kier alpha value is -4.01. The van der Waals surface area contributed by atoms with Crippen molar-refractivity contribution in [3.8, 4) is 17.5 Å². The van der Waals surface area contributed by atoms with Crippen molar-refractivity contribution in [2.75, 3.05) is 11.9 Å². The average molecular weight is 404 g/mol. The molecule has 0 saturated heterocycles. The maximum Gasteiger partial charge on any atom is 0.262 e. The number of fused-ring (bicyclic) bond motifs is 1. The van der Waals surface area contributed by atoms with Gasteiger partial charge < -0.3 is 14.8 Å². The number of hydrogen-bond donors (Lipinski definition) is 1. The summed E-state index contributed by atoms with van der Waals surface area (Å²) in [5.41, 5.74) is 3.19. The Bertz CT molecular complexity index is 1210. The topological polar surface area (TPSA) is 104 Å². The number of carbonyl (C=O) groups is 1. The highest BCUT2D eigenvalue weighted by molar-refractivity contribution is 5.92. The molecule has 4 rings (SSSR count). The number of ether oxygens (including phenoxy) is 2. The molecule has 0 spiro atoms. The van der Waals surface area contributed by atoms with Gasteiger partial charge in [0.1, 0.15) is 5.75 Å². The first kappa shape index (κ1) is 19.3. The first-order valence-electron chi connectivity index (χ1n) is 9.27. The highest BCUT2D eigenvalue weighted by atomic mass is 16.5. The Morgan fingerprint density at radius 3 is 2.87 bits per heavy atom. The molecule has 0 aliphatic heterocycles. The predicted molar refractivity (Wildman–Crippen MR) is 111 cm³/mol. The van der Waals surface area contributed by atoms with Crippen LogP contribution in [0.4, 0.5) is 5.69 Å². The number of benzene rings is 1. The molecule has 0 atom stereocenters. The first-order chi connectivity index (χ1) is 14.5. The Morgan fingerprint density at radius 1 is 1.20 bits per heavy atom. The van der Waals surface area contributed by atoms with Crippen LogP contribution in [-0.4, -0.2) is 37.2 Å². The van der Waals surface area contributed by atoms with Crippen molar-refractivity contribution < 1.29 is 14.3 Å². The summed E-state index contributed by atoms with van der Waals surface area (Å²) in [5.74, 6) is 0.961. The predicted octanol–water partition coefficient (Wildman–Crippen LogP) is 3.18. The van der Waals surface area contributed by atoms with Crippen molar-refractivity contribution in [3.05, 3.63) is 60.2 Å². The molecule has 3 aromatic heterocycles. The number of nitrogens with one attached hydrogen (secondary N) is 1. The van der Waals surface area contributed by atoms with Crippen molar-refractivity contribution in [2.45, 2.75) is 13.8 Å². The lowest BCUT2D eigenvalue weighted by molar-refractivity contribution is -0.118. The minimum atomic E-state index is -0.317. The number of amides is 1. The molecule has 4 aromatic rings. The summed E-state index contributed by atoms with van der Waals surface area (Å²) in [4.78, 5) is 24.9. The van der Waals surface area contributed by atoms with Gasteiger partial charge in [-0.3, -0.25) is 9.78 Å². The quantitative estimate of drug-likeness (QED) is 0.526. The van der Waals surface area contributed by atoms with Crippen LogP contribution in [0.1, 0.15) is 11.3 Å². The number of anilines is 1. The van der Waals surface area contributed by atoms with Crippen molar-refractivity contribution in [3.63, 3.8) is 0 Å². The zero-order valence-corrected chi connectivity index (χ0v) is 16.8. The standard InChI is InChI=1S/C21H20N6O3/c1-13-9-14(2)24-20-19(13)21(26-27(20)3)29-12-17(28)25-15-5-4-6-16(10-15)30-18-11-22-7-8-23-18/h4-11H,12H2,1-3H3,(H,25,28). The van der Waals surface area contributed by atoms with E-state index in [9.17, 15) is 4.79 Å². The minimum Gasteiger partial charge on any atom is -0.466 e. The molecule has 0 aliphatic carbocycles. The van der Waals surface area contributed by atoms with Gasteiger partial charge in [0.05, 0.1) is 11.6 Å². The van der Waals surface area contributed by atoms with Crippen molar-refractivity contribution in [1.29, 1.82) is 0 Å². The molecule has 0 aliphatic rings. The SMILES string of the molecule is Cc1cc(C)c2c(OCC(=O)Nc3cccc(Oc4cnccn4)c3)nn(C)c2n1. The summed E-state index contributed by atoms with van der Waals surface area (Å²) in [6.07, 6.45) is 4.61. The molecular formula is C21H20N6O3. The van der Waals surface area contributed by atoms with Crippen LogP contribution in [0.2, 0.25) is 0 Å². The third-order valence-corrected chi connectivity index (χ3v) is 4.31. The Balaban J connectivity index is 1.42.